The fraction of sp³-hybridized carbons (Fsp3) is 0.200. The number of aromatic nitrogens is 3. The van der Waals surface area contributed by atoms with Gasteiger partial charge >= 0.3 is 0 Å². The number of rotatable bonds is 1. The van der Waals surface area contributed by atoms with E-state index in [-0.39, 0.29) is 0 Å². The van der Waals surface area contributed by atoms with Gasteiger partial charge in [-0.25, -0.2) is 0 Å². The lowest BCUT2D eigenvalue weighted by Gasteiger charge is -2.17. The van der Waals surface area contributed by atoms with Crippen molar-refractivity contribution in [2.24, 2.45) is 0 Å². The summed E-state index contributed by atoms with van der Waals surface area (Å²) in [5.74, 6) is 0.832. The zero-order valence-corrected chi connectivity index (χ0v) is 9.08. The molecule has 0 fully saturated rings. The lowest BCUT2D eigenvalue weighted by atomic mass is 10.1. The zero-order chi connectivity index (χ0) is 10.3. The third-order valence-corrected chi connectivity index (χ3v) is 2.97. The molecule has 0 aliphatic carbocycles. The molecule has 5 heteroatoms. The predicted molar refractivity (Wildman–Crippen MR) is 60.5 cm³/mol. The Kier molecular flexibility index (Phi) is 1.92. The molecule has 0 atom stereocenters. The summed E-state index contributed by atoms with van der Waals surface area (Å²) in [5.41, 5.74) is 2.38. The van der Waals surface area contributed by atoms with Crippen molar-refractivity contribution >= 4 is 17.7 Å². The highest BCUT2D eigenvalue weighted by Crippen LogP contribution is 2.25. The molecule has 2 aromatic rings. The molecule has 0 saturated heterocycles. The van der Waals surface area contributed by atoms with Crippen molar-refractivity contribution in [1.82, 2.24) is 14.8 Å². The van der Waals surface area contributed by atoms with Crippen molar-refractivity contribution < 1.29 is 0 Å². The van der Waals surface area contributed by atoms with Gasteiger partial charge in [0.25, 0.3) is 0 Å². The average molecular weight is 218 g/mol. The second-order valence-corrected chi connectivity index (χ2v) is 4.09. The summed E-state index contributed by atoms with van der Waals surface area (Å²) in [7, 11) is 0. The van der Waals surface area contributed by atoms with Gasteiger partial charge in [0.2, 0.25) is 11.1 Å². The van der Waals surface area contributed by atoms with E-state index in [1.54, 1.807) is 11.8 Å². The minimum Gasteiger partial charge on any atom is -0.350 e. The molecule has 4 nitrogen and oxygen atoms in total. The third-order valence-electron chi connectivity index (χ3n) is 2.43. The topological polar surface area (TPSA) is 42.7 Å². The van der Waals surface area contributed by atoms with E-state index in [0.29, 0.717) is 0 Å². The molecular formula is C10H10N4S. The molecule has 2 heterocycles. The van der Waals surface area contributed by atoms with Gasteiger partial charge in [-0.2, -0.15) is 9.67 Å². The first-order chi connectivity index (χ1) is 7.38. The number of hydrogen-bond donors (Lipinski definition) is 1. The Morgan fingerprint density at radius 1 is 1.40 bits per heavy atom. The van der Waals surface area contributed by atoms with E-state index >= 15 is 0 Å². The second-order valence-electron chi connectivity index (χ2n) is 3.32. The minimum absolute atomic E-state index is 0.800. The smallest absolute Gasteiger partial charge is 0.227 e. The van der Waals surface area contributed by atoms with Crippen molar-refractivity contribution in [3.8, 4) is 5.69 Å². The first-order valence-electron chi connectivity index (χ1n) is 4.71. The summed E-state index contributed by atoms with van der Waals surface area (Å²) in [4.78, 5) is 4.37. The molecule has 76 valence electrons. The number of nitrogens with zero attached hydrogens (tertiary/aromatic N) is 3. The molecule has 0 saturated carbocycles. The largest absolute Gasteiger partial charge is 0.350 e. The van der Waals surface area contributed by atoms with Crippen LogP contribution in [-0.4, -0.2) is 21.0 Å². The molecule has 3 rings (SSSR count). The van der Waals surface area contributed by atoms with Crippen molar-refractivity contribution in [2.75, 3.05) is 11.6 Å². The highest BCUT2D eigenvalue weighted by molar-refractivity contribution is 7.98. The molecule has 0 radical (unpaired) electrons. The molecule has 0 spiro atoms. The highest BCUT2D eigenvalue weighted by atomic mass is 32.2. The monoisotopic (exact) mass is 218 g/mol. The van der Waals surface area contributed by atoms with Crippen molar-refractivity contribution in [3.63, 3.8) is 0 Å². The van der Waals surface area contributed by atoms with Crippen LogP contribution in [-0.2, 0) is 6.54 Å². The number of thioether (sulfide) groups is 1. The Morgan fingerprint density at radius 3 is 3.13 bits per heavy atom. The summed E-state index contributed by atoms with van der Waals surface area (Å²) >= 11 is 1.55. The molecule has 0 unspecified atom stereocenters. The maximum atomic E-state index is 4.42. The highest BCUT2D eigenvalue weighted by Gasteiger charge is 2.17. The molecule has 1 aromatic heterocycles. The number of nitrogens with one attached hydrogen (secondary N) is 1. The van der Waals surface area contributed by atoms with Crippen molar-refractivity contribution in [3.05, 3.63) is 29.8 Å². The molecule has 1 aliphatic heterocycles. The van der Waals surface area contributed by atoms with Gasteiger partial charge in [-0.1, -0.05) is 30.0 Å². The normalized spacial score (nSPS) is 12.9. The third kappa shape index (κ3) is 1.31. The molecule has 0 bridgehead atoms. The van der Waals surface area contributed by atoms with E-state index in [1.807, 2.05) is 23.1 Å². The Morgan fingerprint density at radius 2 is 2.27 bits per heavy atom. The van der Waals surface area contributed by atoms with Gasteiger partial charge in [-0.05, 0) is 17.9 Å². The first kappa shape index (κ1) is 8.79. The molecule has 1 aromatic carbocycles. The van der Waals surface area contributed by atoms with Crippen LogP contribution in [0.25, 0.3) is 5.69 Å². The minimum atomic E-state index is 0.800. The van der Waals surface area contributed by atoms with Gasteiger partial charge in [0.1, 0.15) is 0 Å². The fourth-order valence-corrected chi connectivity index (χ4v) is 2.04. The van der Waals surface area contributed by atoms with Crippen LogP contribution in [0.5, 0.6) is 0 Å². The molecule has 0 amide bonds. The SMILES string of the molecule is CSc1nc2n(n1)-c1ccccc1CN2. The molecular weight excluding hydrogens is 208 g/mol. The van der Waals surface area contributed by atoms with Gasteiger partial charge < -0.3 is 5.32 Å². The van der Waals surface area contributed by atoms with E-state index in [2.05, 4.69) is 27.5 Å². The number of anilines is 1. The van der Waals surface area contributed by atoms with Crippen LogP contribution in [0.2, 0.25) is 0 Å². The van der Waals surface area contributed by atoms with Crippen LogP contribution in [0, 0.1) is 0 Å². The van der Waals surface area contributed by atoms with E-state index in [0.717, 1.165) is 23.3 Å². The lowest BCUT2D eigenvalue weighted by molar-refractivity contribution is 0.804. The van der Waals surface area contributed by atoms with Crippen LogP contribution in [0.3, 0.4) is 0 Å². The van der Waals surface area contributed by atoms with Crippen LogP contribution in [0.15, 0.2) is 29.4 Å². The van der Waals surface area contributed by atoms with Gasteiger partial charge in [-0.3, -0.25) is 0 Å². The maximum Gasteiger partial charge on any atom is 0.227 e. The summed E-state index contributed by atoms with van der Waals surface area (Å²) in [6.45, 7) is 0.822. The van der Waals surface area contributed by atoms with Gasteiger partial charge in [0, 0.05) is 6.54 Å². The Balaban J connectivity index is 2.20. The number of fused-ring (bicyclic) bond motifs is 3. The van der Waals surface area contributed by atoms with Crippen molar-refractivity contribution in [2.45, 2.75) is 11.7 Å². The Labute approximate surface area is 91.7 Å². The number of benzene rings is 1. The molecule has 1 N–H and O–H groups in total. The summed E-state index contributed by atoms with van der Waals surface area (Å²) in [5, 5.41) is 8.47. The summed E-state index contributed by atoms with van der Waals surface area (Å²) in [6.07, 6.45) is 1.98. The predicted octanol–water partition coefficient (Wildman–Crippen LogP) is 1.91. The lowest BCUT2D eigenvalue weighted by Crippen LogP contribution is -2.15. The second kappa shape index (κ2) is 3.27. The average Bonchev–Trinajstić information content (AvgIpc) is 2.72. The van der Waals surface area contributed by atoms with Crippen molar-refractivity contribution in [1.29, 1.82) is 0 Å². The van der Waals surface area contributed by atoms with E-state index in [4.69, 9.17) is 0 Å². The first-order valence-corrected chi connectivity index (χ1v) is 5.94. The summed E-state index contributed by atoms with van der Waals surface area (Å²) < 4.78 is 1.87. The molecule has 15 heavy (non-hydrogen) atoms. The van der Waals surface area contributed by atoms with Crippen LogP contribution in [0.1, 0.15) is 5.56 Å². The van der Waals surface area contributed by atoms with Crippen LogP contribution in [0.4, 0.5) is 5.95 Å². The summed E-state index contributed by atoms with van der Waals surface area (Å²) in [6, 6.07) is 8.23. The van der Waals surface area contributed by atoms with Crippen LogP contribution >= 0.6 is 11.8 Å². The maximum absolute atomic E-state index is 4.42. The number of hydrogen-bond acceptors (Lipinski definition) is 4. The quantitative estimate of drug-likeness (QED) is 0.742. The molecule has 1 aliphatic rings. The number of para-hydroxylation sites is 1. The standard InChI is InChI=1S/C10H10N4S/c1-15-10-12-9-11-6-7-4-2-3-5-8(7)14(9)13-10/h2-5H,6H2,1H3,(H,11,12,13). The van der Waals surface area contributed by atoms with Gasteiger partial charge in [-0.15, -0.1) is 5.10 Å². The van der Waals surface area contributed by atoms with E-state index in [9.17, 15) is 0 Å². The Hall–Kier alpha value is -1.49. The van der Waals surface area contributed by atoms with Gasteiger partial charge in [0.15, 0.2) is 0 Å². The van der Waals surface area contributed by atoms with E-state index < -0.39 is 0 Å². The fourth-order valence-electron chi connectivity index (χ4n) is 1.70. The van der Waals surface area contributed by atoms with Gasteiger partial charge in [0.05, 0.1) is 5.69 Å². The Bertz CT molecular complexity index is 506. The van der Waals surface area contributed by atoms with Crippen LogP contribution < -0.4 is 5.32 Å². The zero-order valence-electron chi connectivity index (χ0n) is 8.27. The van der Waals surface area contributed by atoms with E-state index in [1.165, 1.54) is 5.56 Å².